The zero-order valence-corrected chi connectivity index (χ0v) is 12.6. The lowest BCUT2D eigenvalue weighted by atomic mass is 9.91. The number of amides is 2. The average molecular weight is 302 g/mol. The van der Waals surface area contributed by atoms with E-state index in [-0.39, 0.29) is 41.6 Å². The van der Waals surface area contributed by atoms with Crippen molar-refractivity contribution >= 4 is 24.2 Å². The highest BCUT2D eigenvalue weighted by Gasteiger charge is 2.59. The summed E-state index contributed by atoms with van der Waals surface area (Å²) in [5, 5.41) is 3.35. The Labute approximate surface area is 126 Å². The van der Waals surface area contributed by atoms with Crippen LogP contribution in [0.15, 0.2) is 0 Å². The Morgan fingerprint density at radius 2 is 1.90 bits per heavy atom. The van der Waals surface area contributed by atoms with Crippen molar-refractivity contribution in [1.82, 2.24) is 10.2 Å². The van der Waals surface area contributed by atoms with Crippen LogP contribution in [0, 0.1) is 11.3 Å². The molecule has 2 unspecified atom stereocenters. The molecule has 0 radical (unpaired) electrons. The number of carbonyl (C=O) groups is 2. The molecule has 3 N–H and O–H groups in total. The van der Waals surface area contributed by atoms with Gasteiger partial charge < -0.3 is 16.0 Å². The molecule has 3 fully saturated rings. The first-order chi connectivity index (χ1) is 9.14. The Kier molecular flexibility index (Phi) is 4.59. The van der Waals surface area contributed by atoms with Gasteiger partial charge in [0, 0.05) is 12.5 Å². The van der Waals surface area contributed by atoms with Crippen molar-refractivity contribution in [3.8, 4) is 0 Å². The van der Waals surface area contributed by atoms with Gasteiger partial charge in [0.1, 0.15) is 6.04 Å². The lowest BCUT2D eigenvalue weighted by Crippen LogP contribution is -2.51. The van der Waals surface area contributed by atoms with Gasteiger partial charge >= 0.3 is 0 Å². The summed E-state index contributed by atoms with van der Waals surface area (Å²) in [6, 6.07) is -0.361. The number of halogens is 1. The predicted octanol–water partition coefficient (Wildman–Crippen LogP) is 0.664. The topological polar surface area (TPSA) is 75.4 Å². The lowest BCUT2D eigenvalue weighted by Gasteiger charge is -2.35. The molecule has 114 valence electrons. The van der Waals surface area contributed by atoms with Gasteiger partial charge in [-0.05, 0) is 57.0 Å². The third-order valence-corrected chi connectivity index (χ3v) is 5.20. The molecule has 2 amide bonds. The van der Waals surface area contributed by atoms with Crippen molar-refractivity contribution in [2.45, 2.75) is 44.6 Å². The third-order valence-electron chi connectivity index (χ3n) is 5.20. The van der Waals surface area contributed by atoms with Gasteiger partial charge in [0.05, 0.1) is 0 Å². The Bertz CT molecular complexity index is 396. The van der Waals surface area contributed by atoms with Crippen LogP contribution in [0.4, 0.5) is 0 Å². The number of nitrogens with zero attached hydrogens (tertiary/aromatic N) is 1. The summed E-state index contributed by atoms with van der Waals surface area (Å²) in [5.41, 5.74) is 5.68. The molecular weight excluding hydrogens is 278 g/mol. The maximum atomic E-state index is 12.6. The summed E-state index contributed by atoms with van der Waals surface area (Å²) in [4.78, 5) is 25.9. The van der Waals surface area contributed by atoms with Gasteiger partial charge in [-0.2, -0.15) is 0 Å². The van der Waals surface area contributed by atoms with E-state index in [4.69, 9.17) is 5.73 Å². The van der Waals surface area contributed by atoms with Gasteiger partial charge in [-0.1, -0.05) is 0 Å². The maximum absolute atomic E-state index is 12.6. The second-order valence-electron chi connectivity index (χ2n) is 6.31. The molecule has 3 rings (SSSR count). The van der Waals surface area contributed by atoms with Crippen molar-refractivity contribution in [3.63, 3.8) is 0 Å². The number of likely N-dealkylation sites (tertiary alicyclic amines) is 1. The molecule has 0 bridgehead atoms. The number of piperidine rings is 2. The predicted molar refractivity (Wildman–Crippen MR) is 78.4 cm³/mol. The van der Waals surface area contributed by atoms with E-state index >= 15 is 0 Å². The quantitative estimate of drug-likeness (QED) is 0.787. The minimum absolute atomic E-state index is 0. The molecule has 0 aromatic rings. The first kappa shape index (κ1) is 15.6. The molecule has 20 heavy (non-hydrogen) atoms. The molecule has 3 aliphatic rings. The fraction of sp³-hybridized carbons (Fsp3) is 0.857. The maximum Gasteiger partial charge on any atom is 0.240 e. The van der Waals surface area contributed by atoms with Gasteiger partial charge in [0.25, 0.3) is 0 Å². The van der Waals surface area contributed by atoms with Gasteiger partial charge in [-0.15, -0.1) is 12.4 Å². The number of primary amides is 1. The van der Waals surface area contributed by atoms with E-state index in [1.807, 2.05) is 0 Å². The largest absolute Gasteiger partial charge is 0.368 e. The first-order valence-electron chi connectivity index (χ1n) is 7.45. The van der Waals surface area contributed by atoms with Gasteiger partial charge in [-0.25, -0.2) is 0 Å². The van der Waals surface area contributed by atoms with Crippen LogP contribution in [0.25, 0.3) is 0 Å². The van der Waals surface area contributed by atoms with Gasteiger partial charge in [0.15, 0.2) is 0 Å². The highest BCUT2D eigenvalue weighted by Crippen LogP contribution is 2.59. The smallest absolute Gasteiger partial charge is 0.240 e. The first-order valence-corrected chi connectivity index (χ1v) is 7.45. The number of nitrogens with two attached hydrogens (primary N) is 1. The summed E-state index contributed by atoms with van der Waals surface area (Å²) < 4.78 is 0. The molecule has 6 heteroatoms. The van der Waals surface area contributed by atoms with Crippen LogP contribution < -0.4 is 11.1 Å². The van der Waals surface area contributed by atoms with Gasteiger partial charge in [-0.3, -0.25) is 9.59 Å². The van der Waals surface area contributed by atoms with E-state index in [2.05, 4.69) is 5.32 Å². The molecule has 1 aliphatic carbocycles. The number of rotatable bonds is 2. The highest BCUT2D eigenvalue weighted by molar-refractivity contribution is 5.89. The Balaban J connectivity index is 0.00000147. The number of carbonyl (C=O) groups excluding carboxylic acids is 2. The van der Waals surface area contributed by atoms with Crippen LogP contribution in [0.1, 0.15) is 38.5 Å². The Morgan fingerprint density at radius 1 is 1.20 bits per heavy atom. The summed E-state index contributed by atoms with van der Waals surface area (Å²) >= 11 is 0. The molecule has 2 atom stereocenters. The molecule has 2 aliphatic heterocycles. The SMILES string of the molecule is Cl.NC(=O)C1CCCCN1C(=O)C1CC12CCNCC2. The second-order valence-corrected chi connectivity index (χ2v) is 6.31. The normalized spacial score (nSPS) is 31.5. The standard InChI is InChI=1S/C14H23N3O2.ClH/c15-12(18)11-3-1-2-8-17(11)13(19)10-9-14(10)4-6-16-7-5-14;/h10-11,16H,1-9H2,(H2,15,18);1H. The summed E-state index contributed by atoms with van der Waals surface area (Å²) in [6.07, 6.45) is 5.93. The zero-order valence-electron chi connectivity index (χ0n) is 11.8. The second kappa shape index (κ2) is 5.90. The van der Waals surface area contributed by atoms with Crippen LogP contribution in [0.3, 0.4) is 0 Å². The number of hydrogen-bond acceptors (Lipinski definition) is 3. The van der Waals surface area contributed by atoms with E-state index in [0.29, 0.717) is 6.54 Å². The molecular formula is C14H24ClN3O2. The third kappa shape index (κ3) is 2.66. The summed E-state index contributed by atoms with van der Waals surface area (Å²) in [6.45, 7) is 2.74. The fourth-order valence-corrected chi connectivity index (χ4v) is 3.87. The van der Waals surface area contributed by atoms with Crippen molar-refractivity contribution in [2.75, 3.05) is 19.6 Å². The van der Waals surface area contributed by atoms with Crippen LogP contribution in [0.2, 0.25) is 0 Å². The van der Waals surface area contributed by atoms with E-state index < -0.39 is 0 Å². The number of hydrogen-bond donors (Lipinski definition) is 2. The van der Waals surface area contributed by atoms with E-state index in [9.17, 15) is 9.59 Å². The average Bonchev–Trinajstić information content (AvgIpc) is 3.12. The van der Waals surface area contributed by atoms with E-state index in [1.54, 1.807) is 4.90 Å². The van der Waals surface area contributed by atoms with Crippen LogP contribution in [0.5, 0.6) is 0 Å². The van der Waals surface area contributed by atoms with Gasteiger partial charge in [0.2, 0.25) is 11.8 Å². The van der Waals surface area contributed by atoms with E-state index in [1.165, 1.54) is 0 Å². The highest BCUT2D eigenvalue weighted by atomic mass is 35.5. The summed E-state index contributed by atoms with van der Waals surface area (Å²) in [7, 11) is 0. The Hall–Kier alpha value is -0.810. The molecule has 0 aromatic carbocycles. The van der Waals surface area contributed by atoms with Crippen LogP contribution >= 0.6 is 12.4 Å². The molecule has 1 spiro atoms. The van der Waals surface area contributed by atoms with Crippen LogP contribution in [-0.2, 0) is 9.59 Å². The van der Waals surface area contributed by atoms with Crippen molar-refractivity contribution in [2.24, 2.45) is 17.1 Å². The fourth-order valence-electron chi connectivity index (χ4n) is 3.87. The van der Waals surface area contributed by atoms with Crippen molar-refractivity contribution in [3.05, 3.63) is 0 Å². The zero-order chi connectivity index (χ0) is 13.5. The summed E-state index contributed by atoms with van der Waals surface area (Å²) in [5.74, 6) is -0.00647. The molecule has 2 heterocycles. The van der Waals surface area contributed by atoms with E-state index in [0.717, 1.165) is 51.6 Å². The minimum atomic E-state index is -0.361. The van der Waals surface area contributed by atoms with Crippen molar-refractivity contribution < 1.29 is 9.59 Å². The molecule has 1 saturated carbocycles. The monoisotopic (exact) mass is 301 g/mol. The molecule has 5 nitrogen and oxygen atoms in total. The minimum Gasteiger partial charge on any atom is -0.368 e. The van der Waals surface area contributed by atoms with Crippen molar-refractivity contribution in [1.29, 1.82) is 0 Å². The van der Waals surface area contributed by atoms with Crippen LogP contribution in [-0.4, -0.2) is 42.4 Å². The number of nitrogens with one attached hydrogen (secondary N) is 1. The lowest BCUT2D eigenvalue weighted by molar-refractivity contribution is -0.143. The molecule has 0 aromatic heterocycles. The molecule has 2 saturated heterocycles. The Morgan fingerprint density at radius 3 is 2.55 bits per heavy atom.